The van der Waals surface area contributed by atoms with Crippen LogP contribution in [0.25, 0.3) is 0 Å². The van der Waals surface area contributed by atoms with Crippen LogP contribution in [0.1, 0.15) is 38.5 Å². The van der Waals surface area contributed by atoms with Gasteiger partial charge in [0.1, 0.15) is 0 Å². The van der Waals surface area contributed by atoms with Gasteiger partial charge < -0.3 is 20.1 Å². The van der Waals surface area contributed by atoms with Crippen LogP contribution >= 0.6 is 0 Å². The Morgan fingerprint density at radius 1 is 1.14 bits per heavy atom. The number of carbonyl (C=O) groups excluding carboxylic acids is 1. The molecule has 0 unspecified atom stereocenters. The van der Waals surface area contributed by atoms with Gasteiger partial charge in [-0.3, -0.25) is 4.90 Å². The van der Waals surface area contributed by atoms with Gasteiger partial charge in [-0.2, -0.15) is 13.2 Å². The second kappa shape index (κ2) is 7.35. The molecule has 1 saturated carbocycles. The van der Waals surface area contributed by atoms with E-state index in [0.717, 1.165) is 25.7 Å². The van der Waals surface area contributed by atoms with Crippen molar-refractivity contribution in [3.05, 3.63) is 18.2 Å². The maximum absolute atomic E-state index is 12.4. The first-order valence-corrected chi connectivity index (χ1v) is 9.69. The molecule has 1 aliphatic carbocycles. The highest BCUT2D eigenvalue weighted by atomic mass is 19.4. The fourth-order valence-electron chi connectivity index (χ4n) is 4.13. The molecule has 0 radical (unpaired) electrons. The number of ether oxygens (including phenoxy) is 2. The van der Waals surface area contributed by atoms with E-state index in [2.05, 4.69) is 10.6 Å². The van der Waals surface area contributed by atoms with Gasteiger partial charge in [0, 0.05) is 43.7 Å². The largest absolute Gasteiger partial charge is 0.448 e. The lowest BCUT2D eigenvalue weighted by atomic mass is 10.1. The van der Waals surface area contributed by atoms with Gasteiger partial charge in [-0.15, -0.1) is 0 Å². The molecular formula is C19H24F3N3O3. The maximum atomic E-state index is 12.4. The first-order chi connectivity index (χ1) is 13.3. The van der Waals surface area contributed by atoms with Gasteiger partial charge in [0.05, 0.1) is 6.54 Å². The summed E-state index contributed by atoms with van der Waals surface area (Å²) in [6, 6.07) is 4.77. The topological polar surface area (TPSA) is 62.8 Å². The molecule has 3 aliphatic rings. The van der Waals surface area contributed by atoms with Crippen LogP contribution < -0.4 is 20.1 Å². The summed E-state index contributed by atoms with van der Waals surface area (Å²) in [5.74, 6) is 0.762. The van der Waals surface area contributed by atoms with E-state index in [1.54, 1.807) is 18.2 Å². The van der Waals surface area contributed by atoms with Crippen LogP contribution in [0.5, 0.6) is 11.5 Å². The number of anilines is 1. The van der Waals surface area contributed by atoms with Crippen LogP contribution in [0.3, 0.4) is 0 Å². The summed E-state index contributed by atoms with van der Waals surface area (Å²) in [7, 11) is 0. The average molecular weight is 399 g/mol. The van der Waals surface area contributed by atoms with E-state index in [9.17, 15) is 18.0 Å². The number of alkyl halides is 3. The fourth-order valence-corrected chi connectivity index (χ4v) is 4.13. The van der Waals surface area contributed by atoms with Crippen LogP contribution in [-0.4, -0.2) is 48.6 Å². The number of nitrogens with one attached hydrogen (secondary N) is 2. The monoisotopic (exact) mass is 399 g/mol. The van der Waals surface area contributed by atoms with Crippen molar-refractivity contribution in [2.45, 2.75) is 56.5 Å². The number of halogens is 3. The second-order valence-electron chi connectivity index (χ2n) is 7.75. The Bertz CT molecular complexity index is 727. The predicted octanol–water partition coefficient (Wildman–Crippen LogP) is 3.88. The number of nitrogens with zero attached hydrogens (tertiary/aromatic N) is 1. The molecule has 2 N–H and O–H groups in total. The summed E-state index contributed by atoms with van der Waals surface area (Å²) in [5.41, 5.74) is 0.587. The molecule has 154 valence electrons. The third-order valence-corrected chi connectivity index (χ3v) is 5.48. The minimum atomic E-state index is -4.19. The van der Waals surface area contributed by atoms with Crippen LogP contribution in [0.15, 0.2) is 18.2 Å². The molecule has 1 saturated heterocycles. The van der Waals surface area contributed by atoms with Crippen molar-refractivity contribution in [1.29, 1.82) is 0 Å². The minimum Gasteiger partial charge on any atom is -0.448 e. The Balaban J connectivity index is 1.26. The van der Waals surface area contributed by atoms with Crippen LogP contribution in [0, 0.1) is 0 Å². The fraction of sp³-hybridized carbons (Fsp3) is 0.632. The predicted molar refractivity (Wildman–Crippen MR) is 96.6 cm³/mol. The number of urea groups is 1. The average Bonchev–Trinajstić information content (AvgIpc) is 3.21. The van der Waals surface area contributed by atoms with E-state index in [-0.39, 0.29) is 12.1 Å². The SMILES string of the molecule is O=C(Nc1ccc2c(c1)OC1(CCCC1)O2)NC1CCN(CC(F)(F)F)CC1. The molecule has 0 atom stereocenters. The smallest absolute Gasteiger partial charge is 0.401 e. The lowest BCUT2D eigenvalue weighted by molar-refractivity contribution is -0.148. The minimum absolute atomic E-state index is 0.139. The highest BCUT2D eigenvalue weighted by molar-refractivity contribution is 5.89. The molecule has 4 rings (SSSR count). The molecule has 0 aromatic heterocycles. The molecule has 0 bridgehead atoms. The van der Waals surface area contributed by atoms with Gasteiger partial charge in [0.15, 0.2) is 11.5 Å². The summed E-state index contributed by atoms with van der Waals surface area (Å²) in [6.45, 7) is -0.266. The Kier molecular flexibility index (Phi) is 5.03. The molecular weight excluding hydrogens is 375 g/mol. The zero-order valence-electron chi connectivity index (χ0n) is 15.5. The summed E-state index contributed by atoms with van der Waals surface area (Å²) in [4.78, 5) is 13.6. The van der Waals surface area contributed by atoms with Crippen molar-refractivity contribution in [3.8, 4) is 11.5 Å². The van der Waals surface area contributed by atoms with Gasteiger partial charge in [0.25, 0.3) is 5.79 Å². The molecule has 2 heterocycles. The zero-order valence-corrected chi connectivity index (χ0v) is 15.5. The molecule has 2 aliphatic heterocycles. The molecule has 2 amide bonds. The molecule has 6 nitrogen and oxygen atoms in total. The number of hydrogen-bond acceptors (Lipinski definition) is 4. The van der Waals surface area contributed by atoms with Crippen molar-refractivity contribution in [2.24, 2.45) is 0 Å². The Hall–Kier alpha value is -2.16. The van der Waals surface area contributed by atoms with Crippen LogP contribution in [0.4, 0.5) is 23.7 Å². The highest BCUT2D eigenvalue weighted by Crippen LogP contribution is 2.47. The van der Waals surface area contributed by atoms with Crippen molar-refractivity contribution >= 4 is 11.7 Å². The lowest BCUT2D eigenvalue weighted by Gasteiger charge is -2.32. The first kappa shape index (κ1) is 19.2. The third kappa shape index (κ3) is 4.45. The summed E-state index contributed by atoms with van der Waals surface area (Å²) in [6.07, 6.45) is 0.664. The number of hydrogen-bond donors (Lipinski definition) is 2. The molecule has 9 heteroatoms. The number of piperidine rings is 1. The molecule has 2 fully saturated rings. The number of likely N-dealkylation sites (tertiary alicyclic amines) is 1. The molecule has 1 aromatic carbocycles. The van der Waals surface area contributed by atoms with E-state index in [1.165, 1.54) is 4.90 Å². The van der Waals surface area contributed by atoms with Gasteiger partial charge in [-0.05, 0) is 37.8 Å². The Morgan fingerprint density at radius 3 is 2.50 bits per heavy atom. The van der Waals surface area contributed by atoms with Crippen LogP contribution in [-0.2, 0) is 0 Å². The standard InChI is InChI=1S/C19H24F3N3O3/c20-19(21,22)12-25-9-5-13(6-10-25)23-17(26)24-14-3-4-15-16(11-14)28-18(27-15)7-1-2-8-18/h3-4,11,13H,1-2,5-10,12H2,(H2,23,24,26). The van der Waals surface area contributed by atoms with Crippen molar-refractivity contribution in [1.82, 2.24) is 10.2 Å². The van der Waals surface area contributed by atoms with Crippen molar-refractivity contribution in [3.63, 3.8) is 0 Å². The summed E-state index contributed by atoms with van der Waals surface area (Å²) >= 11 is 0. The number of rotatable bonds is 3. The molecule has 1 aromatic rings. The second-order valence-corrected chi connectivity index (χ2v) is 7.75. The summed E-state index contributed by atoms with van der Waals surface area (Å²) < 4.78 is 49.3. The zero-order chi connectivity index (χ0) is 19.8. The van der Waals surface area contributed by atoms with Gasteiger partial charge in [-0.1, -0.05) is 0 Å². The summed E-state index contributed by atoms with van der Waals surface area (Å²) in [5, 5.41) is 5.61. The quantitative estimate of drug-likeness (QED) is 0.810. The van der Waals surface area contributed by atoms with Gasteiger partial charge in [-0.25, -0.2) is 4.79 Å². The van der Waals surface area contributed by atoms with Gasteiger partial charge in [0.2, 0.25) is 0 Å². The Morgan fingerprint density at radius 2 is 1.82 bits per heavy atom. The van der Waals surface area contributed by atoms with Crippen LogP contribution in [0.2, 0.25) is 0 Å². The molecule has 1 spiro atoms. The number of amides is 2. The third-order valence-electron chi connectivity index (χ3n) is 5.48. The Labute approximate surface area is 161 Å². The lowest BCUT2D eigenvalue weighted by Crippen LogP contribution is -2.47. The van der Waals surface area contributed by atoms with E-state index >= 15 is 0 Å². The normalized spacial score (nSPS) is 21.8. The number of benzene rings is 1. The van der Waals surface area contributed by atoms with E-state index < -0.39 is 18.5 Å². The maximum Gasteiger partial charge on any atom is 0.401 e. The van der Waals surface area contributed by atoms with Crippen molar-refractivity contribution < 1.29 is 27.4 Å². The van der Waals surface area contributed by atoms with Gasteiger partial charge >= 0.3 is 12.2 Å². The number of fused-ring (bicyclic) bond motifs is 1. The molecule has 28 heavy (non-hydrogen) atoms. The highest BCUT2D eigenvalue weighted by Gasteiger charge is 2.44. The first-order valence-electron chi connectivity index (χ1n) is 9.69. The number of carbonyl (C=O) groups is 1. The van der Waals surface area contributed by atoms with E-state index in [0.29, 0.717) is 43.1 Å². The van der Waals surface area contributed by atoms with E-state index in [1.807, 2.05) is 0 Å². The van der Waals surface area contributed by atoms with E-state index in [4.69, 9.17) is 9.47 Å². The van der Waals surface area contributed by atoms with Crippen molar-refractivity contribution in [2.75, 3.05) is 25.0 Å².